The Morgan fingerprint density at radius 1 is 1.25 bits per heavy atom. The smallest absolute Gasteiger partial charge is 0.230 e. The molecular weight excluding hydrogens is 322 g/mol. The van der Waals surface area contributed by atoms with Crippen LogP contribution in [0, 0.1) is 0 Å². The van der Waals surface area contributed by atoms with Gasteiger partial charge in [0.05, 0.1) is 12.1 Å². The summed E-state index contributed by atoms with van der Waals surface area (Å²) in [7, 11) is 0. The Bertz CT molecular complexity index is 770. The highest BCUT2D eigenvalue weighted by atomic mass is 79.9. The van der Waals surface area contributed by atoms with E-state index in [0.29, 0.717) is 21.6 Å². The lowest BCUT2D eigenvalue weighted by atomic mass is 10.1. The standard InChI is InChI=1S/C14H10BrN3O2/c15-14-10(5-3-7-16-14)17-13(19)8-11-9-4-1-2-6-12(9)20-18-11/h1-7H,8H2,(H,17,19). The van der Waals surface area contributed by atoms with Crippen molar-refractivity contribution in [1.82, 2.24) is 10.1 Å². The van der Waals surface area contributed by atoms with Gasteiger partial charge >= 0.3 is 0 Å². The maximum atomic E-state index is 12.0. The zero-order valence-electron chi connectivity index (χ0n) is 10.3. The summed E-state index contributed by atoms with van der Waals surface area (Å²) in [6.07, 6.45) is 1.79. The lowest BCUT2D eigenvalue weighted by molar-refractivity contribution is -0.115. The van der Waals surface area contributed by atoms with Gasteiger partial charge in [0.15, 0.2) is 5.58 Å². The Balaban J connectivity index is 1.78. The summed E-state index contributed by atoms with van der Waals surface area (Å²) >= 11 is 3.28. The number of nitrogens with zero attached hydrogens (tertiary/aromatic N) is 2. The summed E-state index contributed by atoms with van der Waals surface area (Å²) < 4.78 is 5.77. The van der Waals surface area contributed by atoms with Crippen molar-refractivity contribution in [3.05, 3.63) is 52.9 Å². The largest absolute Gasteiger partial charge is 0.356 e. The Hall–Kier alpha value is -2.21. The number of pyridine rings is 1. The van der Waals surface area contributed by atoms with Crippen molar-refractivity contribution >= 4 is 38.5 Å². The van der Waals surface area contributed by atoms with Crippen LogP contribution in [0.1, 0.15) is 5.69 Å². The maximum Gasteiger partial charge on any atom is 0.230 e. The molecule has 5 nitrogen and oxygen atoms in total. The van der Waals surface area contributed by atoms with Gasteiger partial charge in [-0.1, -0.05) is 17.3 Å². The van der Waals surface area contributed by atoms with E-state index in [1.165, 1.54) is 0 Å². The van der Waals surface area contributed by atoms with Gasteiger partial charge in [0.1, 0.15) is 10.3 Å². The molecule has 0 spiro atoms. The van der Waals surface area contributed by atoms with E-state index in [-0.39, 0.29) is 12.3 Å². The number of anilines is 1. The van der Waals surface area contributed by atoms with E-state index in [1.807, 2.05) is 24.3 Å². The molecule has 0 aliphatic rings. The van der Waals surface area contributed by atoms with E-state index in [1.54, 1.807) is 18.3 Å². The molecule has 1 N–H and O–H groups in total. The van der Waals surface area contributed by atoms with Crippen LogP contribution >= 0.6 is 15.9 Å². The molecule has 0 saturated heterocycles. The molecule has 0 bridgehead atoms. The molecule has 3 rings (SSSR count). The number of nitrogens with one attached hydrogen (secondary N) is 1. The third kappa shape index (κ3) is 2.55. The fraction of sp³-hybridized carbons (Fsp3) is 0.0714. The van der Waals surface area contributed by atoms with Crippen LogP contribution in [0.5, 0.6) is 0 Å². The Morgan fingerprint density at radius 3 is 2.95 bits per heavy atom. The van der Waals surface area contributed by atoms with Crippen LogP contribution in [0.25, 0.3) is 11.0 Å². The molecule has 0 fully saturated rings. The minimum Gasteiger partial charge on any atom is -0.356 e. The second-order valence-corrected chi connectivity index (χ2v) is 4.94. The summed E-state index contributed by atoms with van der Waals surface area (Å²) in [5, 5.41) is 7.57. The van der Waals surface area contributed by atoms with Gasteiger partial charge in [-0.25, -0.2) is 4.98 Å². The molecule has 0 aliphatic heterocycles. The highest BCUT2D eigenvalue weighted by molar-refractivity contribution is 9.10. The molecule has 0 aliphatic carbocycles. The van der Waals surface area contributed by atoms with Crippen molar-refractivity contribution in [2.45, 2.75) is 6.42 Å². The zero-order chi connectivity index (χ0) is 13.9. The van der Waals surface area contributed by atoms with E-state index < -0.39 is 0 Å². The van der Waals surface area contributed by atoms with Crippen molar-refractivity contribution < 1.29 is 9.32 Å². The molecule has 1 aromatic carbocycles. The van der Waals surface area contributed by atoms with E-state index >= 15 is 0 Å². The maximum absolute atomic E-state index is 12.0. The molecule has 2 aromatic heterocycles. The van der Waals surface area contributed by atoms with Crippen molar-refractivity contribution in [1.29, 1.82) is 0 Å². The van der Waals surface area contributed by atoms with Crippen LogP contribution in [-0.2, 0) is 11.2 Å². The summed E-state index contributed by atoms with van der Waals surface area (Å²) in [4.78, 5) is 16.1. The van der Waals surface area contributed by atoms with E-state index in [2.05, 4.69) is 31.4 Å². The number of aromatic nitrogens is 2. The van der Waals surface area contributed by atoms with E-state index in [4.69, 9.17) is 4.52 Å². The first-order chi connectivity index (χ1) is 9.74. The highest BCUT2D eigenvalue weighted by Gasteiger charge is 2.13. The number of carbonyl (C=O) groups is 1. The van der Waals surface area contributed by atoms with E-state index in [9.17, 15) is 4.79 Å². The zero-order valence-corrected chi connectivity index (χ0v) is 11.9. The van der Waals surface area contributed by atoms with Gasteiger partial charge in [0.2, 0.25) is 5.91 Å². The normalized spacial score (nSPS) is 10.7. The fourth-order valence-corrected chi connectivity index (χ4v) is 2.24. The molecule has 20 heavy (non-hydrogen) atoms. The SMILES string of the molecule is O=C(Cc1noc2ccccc12)Nc1cccnc1Br. The quantitative estimate of drug-likeness (QED) is 0.748. The van der Waals surface area contributed by atoms with Gasteiger partial charge in [0.25, 0.3) is 0 Å². The van der Waals surface area contributed by atoms with Gasteiger partial charge in [-0.3, -0.25) is 4.79 Å². The molecule has 0 atom stereocenters. The second-order valence-electron chi connectivity index (χ2n) is 4.19. The number of para-hydroxylation sites is 1. The lowest BCUT2D eigenvalue weighted by Crippen LogP contribution is -2.15. The van der Waals surface area contributed by atoms with Gasteiger partial charge in [0, 0.05) is 11.6 Å². The molecule has 1 amide bonds. The molecule has 0 unspecified atom stereocenters. The van der Waals surface area contributed by atoms with Crippen LogP contribution in [0.3, 0.4) is 0 Å². The number of halogens is 1. The molecule has 6 heteroatoms. The Kier molecular flexibility index (Phi) is 3.47. The molecule has 0 radical (unpaired) electrons. The summed E-state index contributed by atoms with van der Waals surface area (Å²) in [5.41, 5.74) is 1.93. The first kappa shape index (κ1) is 12.8. The van der Waals surface area contributed by atoms with Gasteiger partial charge < -0.3 is 9.84 Å². The minimum atomic E-state index is -0.169. The number of rotatable bonds is 3. The first-order valence-electron chi connectivity index (χ1n) is 5.98. The summed E-state index contributed by atoms with van der Waals surface area (Å²) in [6.45, 7) is 0. The average Bonchev–Trinajstić information content (AvgIpc) is 2.85. The van der Waals surface area contributed by atoms with Crippen molar-refractivity contribution in [2.75, 3.05) is 5.32 Å². The first-order valence-corrected chi connectivity index (χ1v) is 6.77. The molecule has 2 heterocycles. The van der Waals surface area contributed by atoms with Gasteiger partial charge in [-0.2, -0.15) is 0 Å². The number of amides is 1. The van der Waals surface area contributed by atoms with Crippen LogP contribution in [-0.4, -0.2) is 16.0 Å². The molecule has 3 aromatic rings. The minimum absolute atomic E-state index is 0.151. The third-order valence-corrected chi connectivity index (χ3v) is 3.45. The third-order valence-electron chi connectivity index (χ3n) is 2.81. The second kappa shape index (κ2) is 5.42. The van der Waals surface area contributed by atoms with Crippen molar-refractivity contribution in [2.24, 2.45) is 0 Å². The number of carbonyl (C=O) groups excluding carboxylic acids is 1. The van der Waals surface area contributed by atoms with Crippen LogP contribution in [0.2, 0.25) is 0 Å². The van der Waals surface area contributed by atoms with Crippen LogP contribution in [0.15, 0.2) is 51.7 Å². The monoisotopic (exact) mass is 331 g/mol. The van der Waals surface area contributed by atoms with Gasteiger partial charge in [-0.15, -0.1) is 0 Å². The van der Waals surface area contributed by atoms with Crippen molar-refractivity contribution in [3.63, 3.8) is 0 Å². The number of fused-ring (bicyclic) bond motifs is 1. The summed E-state index contributed by atoms with van der Waals surface area (Å²) in [6, 6.07) is 11.0. The van der Waals surface area contributed by atoms with E-state index in [0.717, 1.165) is 5.39 Å². The lowest BCUT2D eigenvalue weighted by Gasteiger charge is -2.05. The highest BCUT2D eigenvalue weighted by Crippen LogP contribution is 2.20. The van der Waals surface area contributed by atoms with Crippen LogP contribution < -0.4 is 5.32 Å². The summed E-state index contributed by atoms with van der Waals surface area (Å²) in [5.74, 6) is -0.169. The molecule has 0 saturated carbocycles. The number of benzene rings is 1. The van der Waals surface area contributed by atoms with Crippen molar-refractivity contribution in [3.8, 4) is 0 Å². The predicted molar refractivity (Wildman–Crippen MR) is 78.3 cm³/mol. The van der Waals surface area contributed by atoms with Crippen LogP contribution in [0.4, 0.5) is 5.69 Å². The van der Waals surface area contributed by atoms with Gasteiger partial charge in [-0.05, 0) is 40.2 Å². The molecular formula is C14H10BrN3O2. The molecule has 100 valence electrons. The average molecular weight is 332 g/mol. The number of hydrogen-bond donors (Lipinski definition) is 1. The Labute approximate surface area is 123 Å². The fourth-order valence-electron chi connectivity index (χ4n) is 1.89. The predicted octanol–water partition coefficient (Wildman–Crippen LogP) is 3.17. The Morgan fingerprint density at radius 2 is 2.10 bits per heavy atom. The number of hydrogen-bond acceptors (Lipinski definition) is 4. The topological polar surface area (TPSA) is 68.0 Å².